The summed E-state index contributed by atoms with van der Waals surface area (Å²) in [4.78, 5) is 14.4. The van der Waals surface area contributed by atoms with Gasteiger partial charge >= 0.3 is 5.69 Å². The number of nitro groups is 1. The second-order valence-electron chi connectivity index (χ2n) is 6.74. The number of pyridine rings is 1. The average molecular weight is 467 g/mol. The Morgan fingerprint density at radius 1 is 1.06 bits per heavy atom. The highest BCUT2D eigenvalue weighted by Crippen LogP contribution is 2.35. The fourth-order valence-corrected chi connectivity index (χ4v) is 3.77. The van der Waals surface area contributed by atoms with Crippen LogP contribution in [-0.2, 0) is 6.61 Å². The van der Waals surface area contributed by atoms with E-state index in [0.29, 0.717) is 28.0 Å². The fourth-order valence-electron chi connectivity index (χ4n) is 3.16. The lowest BCUT2D eigenvalue weighted by Gasteiger charge is -2.12. The van der Waals surface area contributed by atoms with E-state index in [1.54, 1.807) is 12.1 Å². The lowest BCUT2D eigenvalue weighted by molar-refractivity contribution is -0.384. The minimum atomic E-state index is -0.541. The molecule has 4 rings (SSSR count). The predicted molar refractivity (Wildman–Crippen MR) is 127 cm³/mol. The Kier molecular flexibility index (Phi) is 6.49. The van der Waals surface area contributed by atoms with Crippen molar-refractivity contribution in [2.75, 3.05) is 5.43 Å². The number of hydrazone groups is 1. The molecule has 0 atom stereocenters. The number of rotatable bonds is 7. The van der Waals surface area contributed by atoms with Crippen molar-refractivity contribution in [1.29, 1.82) is 0 Å². The lowest BCUT2D eigenvalue weighted by Crippen LogP contribution is -2.00. The highest BCUT2D eigenvalue weighted by Gasteiger charge is 2.13. The van der Waals surface area contributed by atoms with Crippen LogP contribution in [0.2, 0.25) is 10.0 Å². The molecule has 7 nitrogen and oxygen atoms in total. The number of nitrogens with one attached hydrogen (secondary N) is 1. The minimum absolute atomic E-state index is 0.0287. The Morgan fingerprint density at radius 2 is 1.81 bits per heavy atom. The summed E-state index contributed by atoms with van der Waals surface area (Å²) in [5.41, 5.74) is 3.98. The van der Waals surface area contributed by atoms with Crippen LogP contribution in [0.4, 0.5) is 11.5 Å². The zero-order valence-electron chi connectivity index (χ0n) is 16.5. The van der Waals surface area contributed by atoms with E-state index in [4.69, 9.17) is 27.9 Å². The van der Waals surface area contributed by atoms with Gasteiger partial charge in [0, 0.05) is 12.3 Å². The van der Waals surface area contributed by atoms with Gasteiger partial charge in [0.2, 0.25) is 5.82 Å². The maximum atomic E-state index is 11.0. The lowest BCUT2D eigenvalue weighted by atomic mass is 10.1. The molecule has 0 saturated carbocycles. The number of ether oxygens (including phenoxy) is 1. The predicted octanol–water partition coefficient (Wildman–Crippen LogP) is 6.47. The van der Waals surface area contributed by atoms with Gasteiger partial charge in [-0.05, 0) is 40.1 Å². The normalized spacial score (nSPS) is 11.1. The standard InChI is InChI=1S/C23H16Cl2N4O3/c24-19-11-15(13-27-28-23-21(29(30)31)9-4-10-26-23)12-20(25)22(19)32-14-17-7-3-6-16-5-1-2-8-18(16)17/h1-13H,14H2,(H,26,28)/b27-13-. The Morgan fingerprint density at radius 3 is 2.59 bits per heavy atom. The summed E-state index contributed by atoms with van der Waals surface area (Å²) in [5.74, 6) is 0.396. The molecule has 4 aromatic rings. The number of hydrogen-bond acceptors (Lipinski definition) is 6. The van der Waals surface area contributed by atoms with Gasteiger partial charge < -0.3 is 4.74 Å². The van der Waals surface area contributed by atoms with E-state index in [0.717, 1.165) is 16.3 Å². The SMILES string of the molecule is O=[N+]([O-])c1cccnc1N/N=C\c1cc(Cl)c(OCc2cccc3ccccc23)c(Cl)c1. The summed E-state index contributed by atoms with van der Waals surface area (Å²) in [6.07, 6.45) is 2.87. The number of aromatic nitrogens is 1. The molecular weight excluding hydrogens is 451 g/mol. The molecule has 3 aromatic carbocycles. The number of benzene rings is 3. The Bertz CT molecular complexity index is 1300. The van der Waals surface area contributed by atoms with Crippen molar-refractivity contribution < 1.29 is 9.66 Å². The second kappa shape index (κ2) is 9.64. The highest BCUT2D eigenvalue weighted by molar-refractivity contribution is 6.37. The number of anilines is 1. The quantitative estimate of drug-likeness (QED) is 0.191. The molecule has 1 N–H and O–H groups in total. The van der Waals surface area contributed by atoms with E-state index < -0.39 is 4.92 Å². The van der Waals surface area contributed by atoms with E-state index in [1.165, 1.54) is 24.5 Å². The first-order valence-corrected chi connectivity index (χ1v) is 10.3. The van der Waals surface area contributed by atoms with Gasteiger partial charge in [-0.2, -0.15) is 5.10 Å². The van der Waals surface area contributed by atoms with Gasteiger partial charge in [0.05, 0.1) is 21.2 Å². The van der Waals surface area contributed by atoms with Gasteiger partial charge in [-0.1, -0.05) is 65.7 Å². The molecule has 0 spiro atoms. The number of halogens is 2. The van der Waals surface area contributed by atoms with Gasteiger partial charge in [0.15, 0.2) is 5.75 Å². The molecule has 0 aliphatic carbocycles. The maximum absolute atomic E-state index is 11.0. The third-order valence-electron chi connectivity index (χ3n) is 4.64. The fraction of sp³-hybridized carbons (Fsp3) is 0.0435. The van der Waals surface area contributed by atoms with Gasteiger partial charge in [-0.25, -0.2) is 4.98 Å². The van der Waals surface area contributed by atoms with Gasteiger partial charge in [-0.15, -0.1) is 0 Å². The molecule has 160 valence electrons. The Balaban J connectivity index is 1.49. The molecular formula is C23H16Cl2N4O3. The van der Waals surface area contributed by atoms with Crippen LogP contribution >= 0.6 is 23.2 Å². The molecule has 0 bridgehead atoms. The summed E-state index contributed by atoms with van der Waals surface area (Å²) in [5, 5.41) is 17.9. The average Bonchev–Trinajstić information content (AvgIpc) is 2.79. The molecule has 0 amide bonds. The van der Waals surface area contributed by atoms with Crippen molar-refractivity contribution >= 4 is 51.7 Å². The van der Waals surface area contributed by atoms with Gasteiger partial charge in [0.1, 0.15) is 6.61 Å². The zero-order valence-corrected chi connectivity index (χ0v) is 18.0. The van der Waals surface area contributed by atoms with E-state index in [2.05, 4.69) is 15.5 Å². The first-order chi connectivity index (χ1) is 15.5. The van der Waals surface area contributed by atoms with E-state index in [-0.39, 0.29) is 11.5 Å². The summed E-state index contributed by atoms with van der Waals surface area (Å²) in [6.45, 7) is 0.305. The van der Waals surface area contributed by atoms with Crippen LogP contribution in [0.3, 0.4) is 0 Å². The van der Waals surface area contributed by atoms with Crippen molar-refractivity contribution in [1.82, 2.24) is 4.98 Å². The molecule has 0 radical (unpaired) electrons. The Labute approximate surface area is 193 Å². The summed E-state index contributed by atoms with van der Waals surface area (Å²) >= 11 is 12.8. The van der Waals surface area contributed by atoms with Gasteiger partial charge in [0.25, 0.3) is 0 Å². The first kappa shape index (κ1) is 21.5. The van der Waals surface area contributed by atoms with Gasteiger partial charge in [-0.3, -0.25) is 15.5 Å². The van der Waals surface area contributed by atoms with E-state index >= 15 is 0 Å². The van der Waals surface area contributed by atoms with E-state index in [1.807, 2.05) is 42.5 Å². The monoisotopic (exact) mass is 466 g/mol. The topological polar surface area (TPSA) is 89.7 Å². The van der Waals surface area contributed by atoms with Crippen LogP contribution in [0.25, 0.3) is 10.8 Å². The largest absolute Gasteiger partial charge is 0.486 e. The maximum Gasteiger partial charge on any atom is 0.313 e. The van der Waals surface area contributed by atoms with Crippen molar-refractivity contribution in [3.63, 3.8) is 0 Å². The molecule has 0 saturated heterocycles. The summed E-state index contributed by atoms with van der Waals surface area (Å²) in [6, 6.07) is 20.2. The van der Waals surface area contributed by atoms with Crippen LogP contribution in [0.1, 0.15) is 11.1 Å². The molecule has 9 heteroatoms. The van der Waals surface area contributed by atoms with Crippen molar-refractivity contribution in [3.05, 3.63) is 104 Å². The van der Waals surface area contributed by atoms with Crippen molar-refractivity contribution in [2.45, 2.75) is 6.61 Å². The van der Waals surface area contributed by atoms with Crippen LogP contribution in [0, 0.1) is 10.1 Å². The van der Waals surface area contributed by atoms with Crippen LogP contribution in [-0.4, -0.2) is 16.1 Å². The van der Waals surface area contributed by atoms with Crippen LogP contribution in [0.15, 0.2) is 78.0 Å². The minimum Gasteiger partial charge on any atom is -0.486 e. The van der Waals surface area contributed by atoms with Crippen molar-refractivity contribution in [3.8, 4) is 5.75 Å². The van der Waals surface area contributed by atoms with Crippen LogP contribution in [0.5, 0.6) is 5.75 Å². The number of fused-ring (bicyclic) bond motifs is 1. The molecule has 1 heterocycles. The molecule has 0 aliphatic heterocycles. The molecule has 1 aromatic heterocycles. The third kappa shape index (κ3) is 4.80. The summed E-state index contributed by atoms with van der Waals surface area (Å²) in [7, 11) is 0. The number of nitrogens with zero attached hydrogens (tertiary/aromatic N) is 3. The van der Waals surface area contributed by atoms with E-state index in [9.17, 15) is 10.1 Å². The molecule has 32 heavy (non-hydrogen) atoms. The smallest absolute Gasteiger partial charge is 0.313 e. The number of hydrogen-bond donors (Lipinski definition) is 1. The molecule has 0 unspecified atom stereocenters. The highest BCUT2D eigenvalue weighted by atomic mass is 35.5. The third-order valence-corrected chi connectivity index (χ3v) is 5.20. The van der Waals surface area contributed by atoms with Crippen molar-refractivity contribution in [2.24, 2.45) is 5.10 Å². The summed E-state index contributed by atoms with van der Waals surface area (Å²) < 4.78 is 5.92. The second-order valence-corrected chi connectivity index (χ2v) is 7.55. The zero-order chi connectivity index (χ0) is 22.5. The van der Waals surface area contributed by atoms with Crippen LogP contribution < -0.4 is 10.2 Å². The molecule has 0 fully saturated rings. The Hall–Kier alpha value is -3.68. The molecule has 0 aliphatic rings. The first-order valence-electron chi connectivity index (χ1n) is 9.50.